The number of anilines is 1. The Hall–Kier alpha value is -1.38. The molecule has 0 bridgehead atoms. The van der Waals surface area contributed by atoms with Crippen LogP contribution in [0.5, 0.6) is 0 Å². The van der Waals surface area contributed by atoms with E-state index in [2.05, 4.69) is 15.3 Å². The normalized spacial score (nSPS) is 10.6. The van der Waals surface area contributed by atoms with Gasteiger partial charge in [0.25, 0.3) is 5.91 Å². The van der Waals surface area contributed by atoms with Gasteiger partial charge in [-0.2, -0.15) is 0 Å². The van der Waals surface area contributed by atoms with E-state index < -0.39 is 12.5 Å². The first-order chi connectivity index (χ1) is 9.21. The fourth-order valence-corrected chi connectivity index (χ4v) is 3.00. The van der Waals surface area contributed by atoms with Crippen molar-refractivity contribution in [3.63, 3.8) is 0 Å². The Kier molecular flexibility index (Phi) is 4.94. The average Bonchev–Trinajstić information content (AvgIpc) is 3.05. The molecule has 0 spiro atoms. The van der Waals surface area contributed by atoms with Crippen LogP contribution in [0.15, 0.2) is 21.0 Å². The smallest absolute Gasteiger partial charge is 0.251 e. The lowest BCUT2D eigenvalue weighted by Crippen LogP contribution is -2.14. The van der Waals surface area contributed by atoms with Gasteiger partial charge in [-0.3, -0.25) is 10.1 Å². The van der Waals surface area contributed by atoms with Gasteiger partial charge in [-0.25, -0.2) is 9.97 Å². The number of aromatic nitrogens is 2. The van der Waals surface area contributed by atoms with E-state index in [1.165, 1.54) is 23.1 Å². The third-order valence-electron chi connectivity index (χ3n) is 2.16. The number of hydrogen-bond acceptors (Lipinski definition) is 7. The van der Waals surface area contributed by atoms with Crippen molar-refractivity contribution in [1.29, 1.82) is 0 Å². The number of amides is 1. The number of thioether (sulfide) groups is 1. The molecule has 2 N–H and O–H groups in total. The van der Waals surface area contributed by atoms with Crippen molar-refractivity contribution in [1.82, 2.24) is 9.97 Å². The molecular weight excluding hydrogens is 286 g/mol. The van der Waals surface area contributed by atoms with Crippen LogP contribution in [0.2, 0.25) is 0 Å². The Morgan fingerprint density at radius 3 is 3.05 bits per heavy atom. The lowest BCUT2D eigenvalue weighted by Gasteiger charge is -1.95. The van der Waals surface area contributed by atoms with Gasteiger partial charge in [0.15, 0.2) is 5.13 Å². The van der Waals surface area contributed by atoms with Gasteiger partial charge in [-0.05, 0) is 0 Å². The molecule has 0 saturated heterocycles. The molecule has 19 heavy (non-hydrogen) atoms. The van der Waals surface area contributed by atoms with Crippen molar-refractivity contribution in [2.75, 3.05) is 11.9 Å². The Morgan fingerprint density at radius 2 is 2.37 bits per heavy atom. The maximum absolute atomic E-state index is 11.0. The Morgan fingerprint density at radius 1 is 1.53 bits per heavy atom. The third kappa shape index (κ3) is 4.05. The maximum atomic E-state index is 11.0. The monoisotopic (exact) mass is 299 g/mol. The van der Waals surface area contributed by atoms with Gasteiger partial charge >= 0.3 is 0 Å². The van der Waals surface area contributed by atoms with Crippen LogP contribution in [0.25, 0.3) is 0 Å². The van der Waals surface area contributed by atoms with Gasteiger partial charge in [-0.15, -0.1) is 11.8 Å². The number of aryl methyl sites for hydroxylation is 1. The lowest BCUT2D eigenvalue weighted by atomic mass is 10.4. The highest BCUT2D eigenvalue weighted by atomic mass is 32.2. The molecule has 102 valence electrons. The highest BCUT2D eigenvalue weighted by molar-refractivity contribution is 8.00. The summed E-state index contributed by atoms with van der Waals surface area (Å²) in [5.41, 5.74) is 0. The summed E-state index contributed by atoms with van der Waals surface area (Å²) in [6, 6.07) is 0. The molecule has 2 aromatic heterocycles. The minimum absolute atomic E-state index is 0.466. The molecule has 2 aromatic rings. The minimum Gasteiger partial charge on any atom is -0.445 e. The van der Waals surface area contributed by atoms with Gasteiger partial charge in [0.2, 0.25) is 5.89 Å². The highest BCUT2D eigenvalue weighted by Gasteiger charge is 2.08. The Bertz CT molecular complexity index is 553. The standard InChI is InChI=1S/C11H13N3O3S2/c1-2-7-3-12-9(17-7)6-18-10-4-13-11(19-10)14-8(16)5-15/h3-4,15H,2,5-6H2,1H3,(H,13,14,16). The van der Waals surface area contributed by atoms with Crippen LogP contribution in [0, 0.1) is 0 Å². The number of aliphatic hydroxyl groups is 1. The fraction of sp³-hybridized carbons (Fsp3) is 0.364. The first-order valence-electron chi connectivity index (χ1n) is 5.64. The molecule has 0 aliphatic heterocycles. The molecule has 1 amide bonds. The number of carbonyl (C=O) groups is 1. The molecule has 0 fully saturated rings. The summed E-state index contributed by atoms with van der Waals surface area (Å²) in [5.74, 6) is 1.70. The summed E-state index contributed by atoms with van der Waals surface area (Å²) in [4.78, 5) is 19.2. The lowest BCUT2D eigenvalue weighted by molar-refractivity contribution is -0.118. The Labute approximate surface area is 118 Å². The van der Waals surface area contributed by atoms with E-state index in [1.54, 1.807) is 12.4 Å². The average molecular weight is 299 g/mol. The van der Waals surface area contributed by atoms with Gasteiger partial charge in [0.1, 0.15) is 12.4 Å². The molecule has 8 heteroatoms. The van der Waals surface area contributed by atoms with Crippen LogP contribution in [0.1, 0.15) is 18.6 Å². The van der Waals surface area contributed by atoms with Crippen LogP contribution in [0.4, 0.5) is 5.13 Å². The van der Waals surface area contributed by atoms with Gasteiger partial charge in [-0.1, -0.05) is 18.3 Å². The number of oxazole rings is 1. The van der Waals surface area contributed by atoms with Gasteiger partial charge < -0.3 is 9.52 Å². The van der Waals surface area contributed by atoms with Crippen molar-refractivity contribution in [3.8, 4) is 0 Å². The summed E-state index contributed by atoms with van der Waals surface area (Å²) >= 11 is 2.89. The molecule has 2 heterocycles. The zero-order valence-corrected chi connectivity index (χ0v) is 11.9. The predicted molar refractivity (Wildman–Crippen MR) is 73.3 cm³/mol. The van der Waals surface area contributed by atoms with E-state index in [0.29, 0.717) is 16.8 Å². The van der Waals surface area contributed by atoms with Crippen molar-refractivity contribution >= 4 is 34.1 Å². The zero-order chi connectivity index (χ0) is 13.7. The summed E-state index contributed by atoms with van der Waals surface area (Å²) in [7, 11) is 0. The Balaban J connectivity index is 1.87. The van der Waals surface area contributed by atoms with Crippen molar-refractivity contribution < 1.29 is 14.3 Å². The number of carbonyl (C=O) groups excluding carboxylic acids is 1. The second-order valence-corrected chi connectivity index (χ2v) is 5.86. The van der Waals surface area contributed by atoms with Crippen LogP contribution in [0.3, 0.4) is 0 Å². The largest absolute Gasteiger partial charge is 0.445 e. The van der Waals surface area contributed by atoms with Crippen LogP contribution < -0.4 is 5.32 Å². The molecule has 0 radical (unpaired) electrons. The van der Waals surface area contributed by atoms with Crippen molar-refractivity contribution in [2.24, 2.45) is 0 Å². The highest BCUT2D eigenvalue weighted by Crippen LogP contribution is 2.30. The summed E-state index contributed by atoms with van der Waals surface area (Å²) in [6.07, 6.45) is 4.23. The van der Waals surface area contributed by atoms with Crippen molar-refractivity contribution in [3.05, 3.63) is 24.0 Å². The number of rotatable bonds is 6. The first-order valence-corrected chi connectivity index (χ1v) is 7.44. The van der Waals surface area contributed by atoms with Gasteiger partial charge in [0.05, 0.1) is 22.4 Å². The summed E-state index contributed by atoms with van der Waals surface area (Å²) < 4.78 is 6.44. The van der Waals surface area contributed by atoms with Gasteiger partial charge in [0, 0.05) is 6.42 Å². The fourth-order valence-electron chi connectivity index (χ4n) is 1.25. The SMILES string of the molecule is CCc1cnc(CSc2cnc(NC(=O)CO)s2)o1. The molecule has 0 atom stereocenters. The summed E-state index contributed by atoms with van der Waals surface area (Å²) in [6.45, 7) is 1.47. The molecule has 0 aromatic carbocycles. The number of aliphatic hydroxyl groups excluding tert-OH is 1. The van der Waals surface area contributed by atoms with E-state index in [4.69, 9.17) is 9.52 Å². The first kappa shape index (κ1) is 14.0. The maximum Gasteiger partial charge on any atom is 0.251 e. The quantitative estimate of drug-likeness (QED) is 0.792. The van der Waals surface area contributed by atoms with Crippen LogP contribution >= 0.6 is 23.1 Å². The molecule has 0 aliphatic carbocycles. The molecule has 0 saturated carbocycles. The number of thiazole rings is 1. The number of hydrogen-bond donors (Lipinski definition) is 2. The molecular formula is C11H13N3O3S2. The third-order valence-corrected chi connectivity index (χ3v) is 4.25. The molecule has 2 rings (SSSR count). The number of nitrogens with zero attached hydrogens (tertiary/aromatic N) is 2. The van der Waals surface area contributed by atoms with E-state index in [1.807, 2.05) is 6.92 Å². The van der Waals surface area contributed by atoms with E-state index in [9.17, 15) is 4.79 Å². The second kappa shape index (κ2) is 6.69. The molecule has 0 aliphatic rings. The second-order valence-electron chi connectivity index (χ2n) is 3.55. The van der Waals surface area contributed by atoms with Crippen LogP contribution in [-0.4, -0.2) is 27.6 Å². The predicted octanol–water partition coefficient (Wildman–Crippen LogP) is 1.92. The topological polar surface area (TPSA) is 88.2 Å². The molecule has 6 nitrogen and oxygen atoms in total. The number of nitrogens with one attached hydrogen (secondary N) is 1. The van der Waals surface area contributed by atoms with Crippen LogP contribution in [-0.2, 0) is 17.0 Å². The molecule has 0 unspecified atom stereocenters. The zero-order valence-electron chi connectivity index (χ0n) is 10.3. The van der Waals surface area contributed by atoms with E-state index in [-0.39, 0.29) is 0 Å². The van der Waals surface area contributed by atoms with Crippen molar-refractivity contribution in [2.45, 2.75) is 23.3 Å². The van der Waals surface area contributed by atoms with E-state index in [0.717, 1.165) is 16.4 Å². The minimum atomic E-state index is -0.543. The van der Waals surface area contributed by atoms with E-state index >= 15 is 0 Å². The summed E-state index contributed by atoms with van der Waals surface area (Å²) in [5, 5.41) is 11.6.